The second kappa shape index (κ2) is 10.4. The minimum Gasteiger partial charge on any atom is -0.351 e. The first-order valence-electron chi connectivity index (χ1n) is 10.7. The van der Waals surface area contributed by atoms with Gasteiger partial charge in [-0.15, -0.1) is 6.42 Å². The zero-order valence-electron chi connectivity index (χ0n) is 18.1. The highest BCUT2D eigenvalue weighted by Crippen LogP contribution is 2.35. The van der Waals surface area contributed by atoms with Gasteiger partial charge >= 0.3 is 12.1 Å². The topological polar surface area (TPSA) is 49.4 Å². The number of amides is 2. The third kappa shape index (κ3) is 5.64. The van der Waals surface area contributed by atoms with Gasteiger partial charge in [0.05, 0.1) is 5.56 Å². The summed E-state index contributed by atoms with van der Waals surface area (Å²) in [7, 11) is 0. The number of hydrogen-bond donors (Lipinski definition) is 1. The molecule has 1 N–H and O–H groups in total. The molecule has 1 aliphatic carbocycles. The van der Waals surface area contributed by atoms with Crippen LogP contribution in [-0.4, -0.2) is 17.9 Å². The first-order chi connectivity index (χ1) is 15.8. The number of hydrogen-bond acceptors (Lipinski definition) is 2. The van der Waals surface area contributed by atoms with Crippen LogP contribution in [0.3, 0.4) is 0 Å². The Labute approximate surface area is 191 Å². The molecule has 1 unspecified atom stereocenters. The van der Waals surface area contributed by atoms with Crippen molar-refractivity contribution in [3.8, 4) is 12.3 Å². The van der Waals surface area contributed by atoms with Gasteiger partial charge in [-0.2, -0.15) is 13.2 Å². The van der Waals surface area contributed by atoms with Crippen LogP contribution < -0.4 is 10.2 Å². The summed E-state index contributed by atoms with van der Waals surface area (Å²) in [5.41, 5.74) is -0.0707. The highest BCUT2D eigenvalue weighted by molar-refractivity contribution is 6.10. The van der Waals surface area contributed by atoms with E-state index in [4.69, 9.17) is 6.42 Å². The molecule has 0 spiro atoms. The summed E-state index contributed by atoms with van der Waals surface area (Å²) >= 11 is 0. The maximum absolute atomic E-state index is 13.6. The lowest BCUT2D eigenvalue weighted by Gasteiger charge is -2.33. The zero-order valence-corrected chi connectivity index (χ0v) is 18.1. The maximum atomic E-state index is 13.6. The smallest absolute Gasteiger partial charge is 0.351 e. The number of terminal acetylenes is 1. The number of carbonyl (C=O) groups is 2. The standard InChI is InChI=1S/C26H25F3N2O2/c1-3-18-11-8-9-16-22(18)24(25(33)30-20-13-6-5-7-14-20)31(23(32)4-2)21-15-10-12-19(17-21)26(27,28)29/h2-3,8-12,15-17,20,24H,1,5-7,13-14H2,(H,30,33). The van der Waals surface area contributed by atoms with Crippen molar-refractivity contribution < 1.29 is 22.8 Å². The molecular formula is C26H25F3N2O2. The molecule has 2 amide bonds. The number of benzene rings is 2. The molecular weight excluding hydrogens is 429 g/mol. The van der Waals surface area contributed by atoms with Gasteiger partial charge in [0, 0.05) is 11.7 Å². The lowest BCUT2D eigenvalue weighted by atomic mass is 9.93. The Morgan fingerprint density at radius 3 is 2.45 bits per heavy atom. The minimum absolute atomic E-state index is 0.0751. The van der Waals surface area contributed by atoms with Gasteiger partial charge in [-0.05, 0) is 48.1 Å². The SMILES string of the molecule is C#CC(=O)N(c1cccc(C(F)(F)F)c1)C(C(=O)NC1CCCCC1)c1ccccc1C=C. The molecule has 1 atom stereocenters. The van der Waals surface area contributed by atoms with Crippen LogP contribution in [0.4, 0.5) is 18.9 Å². The molecule has 2 aromatic rings. The number of rotatable bonds is 6. The van der Waals surface area contributed by atoms with E-state index in [0.717, 1.165) is 49.1 Å². The van der Waals surface area contributed by atoms with E-state index in [9.17, 15) is 22.8 Å². The summed E-state index contributed by atoms with van der Waals surface area (Å²) in [6.45, 7) is 3.77. The predicted molar refractivity (Wildman–Crippen MR) is 122 cm³/mol. The Hall–Kier alpha value is -3.53. The first-order valence-corrected chi connectivity index (χ1v) is 10.7. The van der Waals surface area contributed by atoms with E-state index in [-0.39, 0.29) is 11.7 Å². The van der Waals surface area contributed by atoms with Gasteiger partial charge in [-0.1, -0.05) is 62.2 Å². The number of anilines is 1. The van der Waals surface area contributed by atoms with Gasteiger partial charge in [-0.3, -0.25) is 14.5 Å². The molecule has 2 aromatic carbocycles. The van der Waals surface area contributed by atoms with E-state index in [1.165, 1.54) is 18.2 Å². The fraction of sp³-hybridized carbons (Fsp3) is 0.308. The quantitative estimate of drug-likeness (QED) is 0.586. The summed E-state index contributed by atoms with van der Waals surface area (Å²) in [4.78, 5) is 27.4. The van der Waals surface area contributed by atoms with E-state index in [1.807, 2.05) is 5.92 Å². The van der Waals surface area contributed by atoms with Gasteiger partial charge in [0.1, 0.15) is 6.04 Å². The van der Waals surface area contributed by atoms with Crippen molar-refractivity contribution in [3.63, 3.8) is 0 Å². The molecule has 0 saturated heterocycles. The molecule has 1 saturated carbocycles. The Bertz CT molecular complexity index is 1070. The molecule has 33 heavy (non-hydrogen) atoms. The van der Waals surface area contributed by atoms with Gasteiger partial charge in [-0.25, -0.2) is 0 Å². The summed E-state index contributed by atoms with van der Waals surface area (Å²) in [5.74, 6) is 0.546. The molecule has 172 valence electrons. The average molecular weight is 454 g/mol. The molecule has 0 heterocycles. The molecule has 1 fully saturated rings. The van der Waals surface area contributed by atoms with Crippen LogP contribution in [-0.2, 0) is 15.8 Å². The molecule has 4 nitrogen and oxygen atoms in total. The normalized spacial score (nSPS) is 15.2. The fourth-order valence-electron chi connectivity index (χ4n) is 4.16. The van der Waals surface area contributed by atoms with Crippen LogP contribution in [0.15, 0.2) is 55.1 Å². The molecule has 0 radical (unpaired) electrons. The molecule has 3 rings (SSSR count). The third-order valence-electron chi connectivity index (χ3n) is 5.76. The summed E-state index contributed by atoms with van der Waals surface area (Å²) < 4.78 is 40.2. The van der Waals surface area contributed by atoms with Crippen molar-refractivity contribution in [2.75, 3.05) is 4.90 Å². The van der Waals surface area contributed by atoms with Crippen molar-refractivity contribution in [2.45, 2.75) is 50.4 Å². The summed E-state index contributed by atoms with van der Waals surface area (Å²) in [6.07, 6.45) is 6.92. The van der Waals surface area contributed by atoms with Crippen molar-refractivity contribution in [1.82, 2.24) is 5.32 Å². The van der Waals surface area contributed by atoms with E-state index in [1.54, 1.807) is 24.3 Å². The molecule has 0 aliphatic heterocycles. The van der Waals surface area contributed by atoms with Crippen LogP contribution >= 0.6 is 0 Å². The number of alkyl halides is 3. The third-order valence-corrected chi connectivity index (χ3v) is 5.76. The molecule has 7 heteroatoms. The minimum atomic E-state index is -4.63. The summed E-state index contributed by atoms with van der Waals surface area (Å²) in [6, 6.07) is 9.69. The fourth-order valence-corrected chi connectivity index (χ4v) is 4.16. The van der Waals surface area contributed by atoms with E-state index in [0.29, 0.717) is 11.1 Å². The van der Waals surface area contributed by atoms with Crippen LogP contribution in [0.5, 0.6) is 0 Å². The van der Waals surface area contributed by atoms with Gasteiger partial charge < -0.3 is 5.32 Å². The Morgan fingerprint density at radius 1 is 1.12 bits per heavy atom. The van der Waals surface area contributed by atoms with Gasteiger partial charge in [0.25, 0.3) is 0 Å². The Kier molecular flexibility index (Phi) is 7.59. The lowest BCUT2D eigenvalue weighted by Crippen LogP contribution is -2.47. The molecule has 0 aromatic heterocycles. The van der Waals surface area contributed by atoms with E-state index >= 15 is 0 Å². The lowest BCUT2D eigenvalue weighted by molar-refractivity contribution is -0.137. The highest BCUT2D eigenvalue weighted by atomic mass is 19.4. The van der Waals surface area contributed by atoms with E-state index < -0.39 is 29.6 Å². The van der Waals surface area contributed by atoms with Crippen LogP contribution in [0.1, 0.15) is 54.8 Å². The number of carbonyl (C=O) groups excluding carboxylic acids is 2. The van der Waals surface area contributed by atoms with Crippen molar-refractivity contribution >= 4 is 23.6 Å². The number of halogens is 3. The Balaban J connectivity index is 2.14. The van der Waals surface area contributed by atoms with E-state index in [2.05, 4.69) is 11.9 Å². The van der Waals surface area contributed by atoms with Gasteiger partial charge in [0.2, 0.25) is 5.91 Å². The van der Waals surface area contributed by atoms with Crippen molar-refractivity contribution in [3.05, 3.63) is 71.8 Å². The number of nitrogens with one attached hydrogen (secondary N) is 1. The largest absolute Gasteiger partial charge is 0.416 e. The van der Waals surface area contributed by atoms with Crippen molar-refractivity contribution in [1.29, 1.82) is 0 Å². The second-order valence-electron chi connectivity index (χ2n) is 7.95. The van der Waals surface area contributed by atoms with Crippen LogP contribution in [0.2, 0.25) is 0 Å². The van der Waals surface area contributed by atoms with Crippen LogP contribution in [0.25, 0.3) is 6.08 Å². The van der Waals surface area contributed by atoms with Gasteiger partial charge in [0.15, 0.2) is 0 Å². The monoisotopic (exact) mass is 454 g/mol. The molecule has 0 bridgehead atoms. The van der Waals surface area contributed by atoms with Crippen molar-refractivity contribution in [2.24, 2.45) is 0 Å². The first kappa shape index (κ1) is 24.1. The van der Waals surface area contributed by atoms with Crippen LogP contribution in [0, 0.1) is 12.3 Å². The average Bonchev–Trinajstić information content (AvgIpc) is 2.82. The zero-order chi connectivity index (χ0) is 24.0. The number of nitrogens with zero attached hydrogens (tertiary/aromatic N) is 1. The second-order valence-corrected chi connectivity index (χ2v) is 7.95. The predicted octanol–water partition coefficient (Wildman–Crippen LogP) is 5.50. The highest BCUT2D eigenvalue weighted by Gasteiger charge is 2.36. The maximum Gasteiger partial charge on any atom is 0.416 e. The molecule has 1 aliphatic rings. The summed E-state index contributed by atoms with van der Waals surface area (Å²) in [5, 5.41) is 2.98. The Morgan fingerprint density at radius 2 is 1.82 bits per heavy atom.